The highest BCUT2D eigenvalue weighted by Gasteiger charge is 1.97. The Morgan fingerprint density at radius 1 is 1.31 bits per heavy atom. The Hall–Kier alpha value is -1.79. The van der Waals surface area contributed by atoms with Gasteiger partial charge in [-0.3, -0.25) is 4.79 Å². The van der Waals surface area contributed by atoms with Crippen LogP contribution in [0, 0.1) is 11.8 Å². The van der Waals surface area contributed by atoms with Gasteiger partial charge in [-0.05, 0) is 36.9 Å². The topological polar surface area (TPSA) is 55.1 Å². The highest BCUT2D eigenvalue weighted by molar-refractivity contribution is 5.93. The van der Waals surface area contributed by atoms with Crippen molar-refractivity contribution in [2.45, 2.75) is 19.9 Å². The second-order valence-corrected chi connectivity index (χ2v) is 3.41. The molecule has 16 heavy (non-hydrogen) atoms. The molecule has 1 aromatic carbocycles. The number of amides is 1. The number of hydrogen-bond acceptors (Lipinski definition) is 2. The van der Waals surface area contributed by atoms with Crippen molar-refractivity contribution in [2.75, 3.05) is 6.54 Å². The van der Waals surface area contributed by atoms with Crippen molar-refractivity contribution in [3.63, 3.8) is 0 Å². The molecule has 0 unspecified atom stereocenters. The van der Waals surface area contributed by atoms with Crippen LogP contribution in [0.1, 0.15) is 18.1 Å². The van der Waals surface area contributed by atoms with Crippen molar-refractivity contribution in [3.8, 4) is 11.8 Å². The van der Waals surface area contributed by atoms with Crippen LogP contribution >= 0.6 is 0 Å². The van der Waals surface area contributed by atoms with Crippen LogP contribution in [0.4, 0.5) is 0 Å². The largest absolute Gasteiger partial charge is 0.341 e. The highest BCUT2D eigenvalue weighted by Crippen LogP contribution is 2.04. The number of carbonyl (C=O) groups is 1. The number of benzene rings is 1. The molecule has 3 heteroatoms. The zero-order valence-corrected chi connectivity index (χ0v) is 9.42. The molecule has 0 spiro atoms. The fourth-order valence-electron chi connectivity index (χ4n) is 1.33. The molecule has 1 amide bonds. The normalized spacial score (nSPS) is 9.12. The average Bonchev–Trinajstić information content (AvgIpc) is 2.29. The molecule has 1 aromatic rings. The van der Waals surface area contributed by atoms with Gasteiger partial charge in [0.05, 0.1) is 0 Å². The van der Waals surface area contributed by atoms with Gasteiger partial charge in [-0.25, -0.2) is 0 Å². The molecule has 0 aliphatic rings. The van der Waals surface area contributed by atoms with Gasteiger partial charge < -0.3 is 11.1 Å². The molecule has 0 saturated carbocycles. The predicted molar refractivity (Wildman–Crippen MR) is 64.5 cm³/mol. The predicted octanol–water partition coefficient (Wildman–Crippen LogP) is 0.827. The summed E-state index contributed by atoms with van der Waals surface area (Å²) in [6, 6.07) is 8.04. The molecule has 0 radical (unpaired) electrons. The first-order valence-electron chi connectivity index (χ1n) is 5.24. The smallest absolute Gasteiger partial charge is 0.296 e. The number of hydrogen-bond donors (Lipinski definition) is 2. The van der Waals surface area contributed by atoms with Gasteiger partial charge >= 0.3 is 0 Å². The molecule has 0 fully saturated rings. The Kier molecular flexibility index (Phi) is 5.10. The lowest BCUT2D eigenvalue weighted by molar-refractivity contribution is -0.115. The summed E-state index contributed by atoms with van der Waals surface area (Å²) in [6.07, 6.45) is 0.883. The minimum atomic E-state index is -0.242. The second kappa shape index (κ2) is 6.65. The summed E-state index contributed by atoms with van der Waals surface area (Å²) >= 11 is 0. The molecule has 3 N–H and O–H groups in total. The van der Waals surface area contributed by atoms with E-state index in [2.05, 4.69) is 17.2 Å². The summed E-state index contributed by atoms with van der Waals surface area (Å²) in [4.78, 5) is 11.1. The molecule has 0 heterocycles. The average molecular weight is 216 g/mol. The SMILES string of the molecule is CC#CC(=O)NCc1ccc(CCN)cc1. The van der Waals surface area contributed by atoms with E-state index in [4.69, 9.17) is 5.73 Å². The quantitative estimate of drug-likeness (QED) is 0.732. The molecule has 3 nitrogen and oxygen atoms in total. The third-order valence-corrected chi connectivity index (χ3v) is 2.15. The van der Waals surface area contributed by atoms with Crippen molar-refractivity contribution in [1.29, 1.82) is 0 Å². The van der Waals surface area contributed by atoms with Crippen LogP contribution in [0.3, 0.4) is 0 Å². The van der Waals surface area contributed by atoms with E-state index in [9.17, 15) is 4.79 Å². The van der Waals surface area contributed by atoms with Crippen LogP contribution in [0.2, 0.25) is 0 Å². The maximum Gasteiger partial charge on any atom is 0.296 e. The third-order valence-electron chi connectivity index (χ3n) is 2.15. The molecule has 0 bridgehead atoms. The minimum absolute atomic E-state index is 0.242. The van der Waals surface area contributed by atoms with Crippen LogP contribution in [-0.2, 0) is 17.8 Å². The van der Waals surface area contributed by atoms with Gasteiger partial charge in [-0.2, -0.15) is 0 Å². The van der Waals surface area contributed by atoms with E-state index in [0.29, 0.717) is 13.1 Å². The molecule has 0 saturated heterocycles. The number of carbonyl (C=O) groups excluding carboxylic acids is 1. The first-order valence-corrected chi connectivity index (χ1v) is 5.24. The summed E-state index contributed by atoms with van der Waals surface area (Å²) < 4.78 is 0. The zero-order valence-electron chi connectivity index (χ0n) is 9.42. The van der Waals surface area contributed by atoms with Crippen LogP contribution in [0.25, 0.3) is 0 Å². The Morgan fingerprint density at radius 2 is 1.94 bits per heavy atom. The van der Waals surface area contributed by atoms with Gasteiger partial charge in [0.2, 0.25) is 0 Å². The van der Waals surface area contributed by atoms with E-state index < -0.39 is 0 Å². The number of nitrogens with one attached hydrogen (secondary N) is 1. The Bertz CT molecular complexity index is 398. The van der Waals surface area contributed by atoms with Crippen LogP contribution in [-0.4, -0.2) is 12.5 Å². The maximum atomic E-state index is 11.1. The lowest BCUT2D eigenvalue weighted by atomic mass is 10.1. The Balaban J connectivity index is 2.48. The highest BCUT2D eigenvalue weighted by atomic mass is 16.1. The lowest BCUT2D eigenvalue weighted by Crippen LogP contribution is -2.20. The van der Waals surface area contributed by atoms with Gasteiger partial charge in [0, 0.05) is 6.54 Å². The summed E-state index contributed by atoms with van der Waals surface area (Å²) in [5.74, 6) is 4.74. The van der Waals surface area contributed by atoms with Crippen molar-refractivity contribution < 1.29 is 4.79 Å². The minimum Gasteiger partial charge on any atom is -0.341 e. The van der Waals surface area contributed by atoms with Crippen LogP contribution in [0.5, 0.6) is 0 Å². The van der Waals surface area contributed by atoms with Crippen molar-refractivity contribution >= 4 is 5.91 Å². The molecule has 1 rings (SSSR count). The monoisotopic (exact) mass is 216 g/mol. The van der Waals surface area contributed by atoms with Crippen molar-refractivity contribution in [2.24, 2.45) is 5.73 Å². The van der Waals surface area contributed by atoms with Crippen molar-refractivity contribution in [3.05, 3.63) is 35.4 Å². The molecule has 0 aromatic heterocycles. The first-order chi connectivity index (χ1) is 7.76. The molecule has 0 aliphatic carbocycles. The molecule has 84 valence electrons. The maximum absolute atomic E-state index is 11.1. The molecular weight excluding hydrogens is 200 g/mol. The molecule has 0 aliphatic heterocycles. The fraction of sp³-hybridized carbons (Fsp3) is 0.308. The molecule has 0 atom stereocenters. The summed E-state index contributed by atoms with van der Waals surface area (Å²) in [5.41, 5.74) is 7.73. The van der Waals surface area contributed by atoms with E-state index in [-0.39, 0.29) is 5.91 Å². The van der Waals surface area contributed by atoms with E-state index in [1.54, 1.807) is 6.92 Å². The van der Waals surface area contributed by atoms with E-state index >= 15 is 0 Å². The Labute approximate surface area is 96.0 Å². The third kappa shape index (κ3) is 4.16. The molecular formula is C13H16N2O. The first kappa shape index (κ1) is 12.3. The Morgan fingerprint density at radius 3 is 2.50 bits per heavy atom. The zero-order chi connectivity index (χ0) is 11.8. The van der Waals surface area contributed by atoms with Gasteiger partial charge in [-0.1, -0.05) is 30.2 Å². The van der Waals surface area contributed by atoms with Crippen LogP contribution < -0.4 is 11.1 Å². The van der Waals surface area contributed by atoms with Gasteiger partial charge in [0.1, 0.15) is 0 Å². The lowest BCUT2D eigenvalue weighted by Gasteiger charge is -2.03. The fourth-order valence-corrected chi connectivity index (χ4v) is 1.33. The number of rotatable bonds is 4. The van der Waals surface area contributed by atoms with Gasteiger partial charge in [0.25, 0.3) is 5.91 Å². The van der Waals surface area contributed by atoms with Crippen molar-refractivity contribution in [1.82, 2.24) is 5.32 Å². The summed E-state index contributed by atoms with van der Waals surface area (Å²) in [5, 5.41) is 2.71. The van der Waals surface area contributed by atoms with Gasteiger partial charge in [-0.15, -0.1) is 0 Å². The standard InChI is InChI=1S/C13H16N2O/c1-2-3-13(16)15-10-12-6-4-11(5-7-12)8-9-14/h4-7H,8-10,14H2,1H3,(H,15,16). The van der Waals surface area contributed by atoms with Gasteiger partial charge in [0.15, 0.2) is 0 Å². The summed E-state index contributed by atoms with van der Waals surface area (Å²) in [6.45, 7) is 2.81. The number of nitrogens with two attached hydrogens (primary N) is 1. The van der Waals surface area contributed by atoms with E-state index in [1.807, 2.05) is 24.3 Å². The summed E-state index contributed by atoms with van der Waals surface area (Å²) in [7, 11) is 0. The van der Waals surface area contributed by atoms with Crippen LogP contribution in [0.15, 0.2) is 24.3 Å². The second-order valence-electron chi connectivity index (χ2n) is 3.41. The van der Waals surface area contributed by atoms with E-state index in [1.165, 1.54) is 5.56 Å². The van der Waals surface area contributed by atoms with E-state index in [0.717, 1.165) is 12.0 Å².